The van der Waals surface area contributed by atoms with Crippen LogP contribution in [-0.2, 0) is 5.41 Å². The molecule has 110 valence electrons. The molecule has 0 amide bonds. The predicted octanol–water partition coefficient (Wildman–Crippen LogP) is 5.29. The third kappa shape index (κ3) is 3.34. The summed E-state index contributed by atoms with van der Waals surface area (Å²) in [5.74, 6) is 0. The first-order valence-corrected chi connectivity index (χ1v) is 6.98. The van der Waals surface area contributed by atoms with Crippen LogP contribution in [0, 0.1) is 10.1 Å². The average molecular weight is 305 g/mol. The zero-order valence-electron chi connectivity index (χ0n) is 12.2. The SMILES string of the molecule is CC(C)(C)c1ccccc1Nc1cccc(Cl)c1[N+](=O)[O-]. The van der Waals surface area contributed by atoms with Gasteiger partial charge in [0.2, 0.25) is 0 Å². The lowest BCUT2D eigenvalue weighted by Crippen LogP contribution is -2.13. The van der Waals surface area contributed by atoms with Crippen molar-refractivity contribution in [1.29, 1.82) is 0 Å². The molecule has 4 nitrogen and oxygen atoms in total. The lowest BCUT2D eigenvalue weighted by Gasteiger charge is -2.23. The number of nitrogens with zero attached hydrogens (tertiary/aromatic N) is 1. The van der Waals surface area contributed by atoms with Gasteiger partial charge >= 0.3 is 5.69 Å². The molecular weight excluding hydrogens is 288 g/mol. The lowest BCUT2D eigenvalue weighted by atomic mass is 9.86. The maximum atomic E-state index is 11.2. The van der Waals surface area contributed by atoms with Crippen molar-refractivity contribution in [2.45, 2.75) is 26.2 Å². The maximum Gasteiger partial charge on any atom is 0.311 e. The highest BCUT2D eigenvalue weighted by Gasteiger charge is 2.21. The van der Waals surface area contributed by atoms with E-state index in [1.165, 1.54) is 6.07 Å². The number of rotatable bonds is 3. The number of hydrogen-bond donors (Lipinski definition) is 1. The minimum atomic E-state index is -0.468. The highest BCUT2D eigenvalue weighted by molar-refractivity contribution is 6.33. The van der Waals surface area contributed by atoms with Crippen molar-refractivity contribution in [2.75, 3.05) is 5.32 Å². The van der Waals surface area contributed by atoms with Gasteiger partial charge in [-0.15, -0.1) is 0 Å². The molecule has 0 bridgehead atoms. The highest BCUT2D eigenvalue weighted by atomic mass is 35.5. The van der Waals surface area contributed by atoms with Crippen molar-refractivity contribution in [3.8, 4) is 0 Å². The molecule has 21 heavy (non-hydrogen) atoms. The molecule has 5 heteroatoms. The van der Waals surface area contributed by atoms with E-state index in [0.29, 0.717) is 5.69 Å². The summed E-state index contributed by atoms with van der Waals surface area (Å²) >= 11 is 5.94. The fraction of sp³-hybridized carbons (Fsp3) is 0.250. The number of halogens is 1. The zero-order chi connectivity index (χ0) is 15.6. The molecule has 0 aliphatic carbocycles. The van der Waals surface area contributed by atoms with Gasteiger partial charge in [-0.25, -0.2) is 0 Å². The van der Waals surface area contributed by atoms with Crippen LogP contribution in [0.5, 0.6) is 0 Å². The first kappa shape index (κ1) is 15.3. The molecular formula is C16H17ClN2O2. The number of nitro benzene ring substituents is 1. The fourth-order valence-corrected chi connectivity index (χ4v) is 2.44. The molecule has 0 spiro atoms. The van der Waals surface area contributed by atoms with Crippen LogP contribution < -0.4 is 5.32 Å². The normalized spacial score (nSPS) is 11.2. The molecule has 1 N–H and O–H groups in total. The van der Waals surface area contributed by atoms with E-state index in [4.69, 9.17) is 11.6 Å². The summed E-state index contributed by atoms with van der Waals surface area (Å²) in [5, 5.41) is 14.5. The van der Waals surface area contributed by atoms with Crippen LogP contribution in [0.25, 0.3) is 0 Å². The van der Waals surface area contributed by atoms with E-state index >= 15 is 0 Å². The number of nitro groups is 1. The molecule has 0 aromatic heterocycles. The largest absolute Gasteiger partial charge is 0.350 e. The van der Waals surface area contributed by atoms with Gasteiger partial charge in [0, 0.05) is 5.69 Å². The summed E-state index contributed by atoms with van der Waals surface area (Å²) in [5.41, 5.74) is 2.14. The van der Waals surface area contributed by atoms with Crippen molar-refractivity contribution >= 4 is 28.7 Å². The van der Waals surface area contributed by atoms with Crippen molar-refractivity contribution in [2.24, 2.45) is 0 Å². The predicted molar refractivity (Wildman–Crippen MR) is 86.5 cm³/mol. The third-order valence-electron chi connectivity index (χ3n) is 3.17. The molecule has 2 rings (SSSR count). The third-order valence-corrected chi connectivity index (χ3v) is 3.48. The van der Waals surface area contributed by atoms with Gasteiger partial charge < -0.3 is 5.32 Å². The first-order chi connectivity index (χ1) is 9.80. The molecule has 0 heterocycles. The Hall–Kier alpha value is -2.07. The van der Waals surface area contributed by atoms with Gasteiger partial charge in [-0.05, 0) is 29.2 Å². The smallest absolute Gasteiger partial charge is 0.311 e. The van der Waals surface area contributed by atoms with E-state index in [-0.39, 0.29) is 16.1 Å². The van der Waals surface area contributed by atoms with Crippen LogP contribution in [0.15, 0.2) is 42.5 Å². The van der Waals surface area contributed by atoms with Crippen LogP contribution in [0.1, 0.15) is 26.3 Å². The number of benzene rings is 2. The average Bonchev–Trinajstić information content (AvgIpc) is 2.37. The molecule has 0 aliphatic heterocycles. The Bertz CT molecular complexity index is 678. The molecule has 0 fully saturated rings. The summed E-state index contributed by atoms with van der Waals surface area (Å²) in [4.78, 5) is 10.7. The van der Waals surface area contributed by atoms with E-state index in [9.17, 15) is 10.1 Å². The van der Waals surface area contributed by atoms with Gasteiger partial charge in [0.25, 0.3) is 0 Å². The van der Waals surface area contributed by atoms with Crippen LogP contribution in [0.4, 0.5) is 17.1 Å². The highest BCUT2D eigenvalue weighted by Crippen LogP contribution is 2.37. The molecule has 0 saturated heterocycles. The first-order valence-electron chi connectivity index (χ1n) is 6.60. The van der Waals surface area contributed by atoms with Crippen LogP contribution >= 0.6 is 11.6 Å². The van der Waals surface area contributed by atoms with Gasteiger partial charge in [-0.1, -0.05) is 56.6 Å². The maximum absolute atomic E-state index is 11.2. The Morgan fingerprint density at radius 1 is 1.05 bits per heavy atom. The van der Waals surface area contributed by atoms with Gasteiger partial charge in [0.15, 0.2) is 0 Å². The van der Waals surface area contributed by atoms with E-state index in [1.807, 2.05) is 24.3 Å². The topological polar surface area (TPSA) is 55.2 Å². The zero-order valence-corrected chi connectivity index (χ0v) is 12.9. The lowest BCUT2D eigenvalue weighted by molar-refractivity contribution is -0.383. The number of nitrogens with one attached hydrogen (secondary N) is 1. The molecule has 0 unspecified atom stereocenters. The molecule has 2 aromatic carbocycles. The summed E-state index contributed by atoms with van der Waals surface area (Å²) < 4.78 is 0. The van der Waals surface area contributed by atoms with E-state index in [2.05, 4.69) is 26.1 Å². The number of para-hydroxylation sites is 2. The Morgan fingerprint density at radius 2 is 1.67 bits per heavy atom. The summed E-state index contributed by atoms with van der Waals surface area (Å²) in [7, 11) is 0. The molecule has 0 atom stereocenters. The van der Waals surface area contributed by atoms with Crippen LogP contribution in [0.3, 0.4) is 0 Å². The Morgan fingerprint density at radius 3 is 2.29 bits per heavy atom. The number of hydrogen-bond acceptors (Lipinski definition) is 3. The monoisotopic (exact) mass is 304 g/mol. The molecule has 0 aliphatic rings. The Labute approximate surface area is 128 Å². The van der Waals surface area contributed by atoms with E-state index < -0.39 is 4.92 Å². The fourth-order valence-electron chi connectivity index (χ4n) is 2.19. The minimum Gasteiger partial charge on any atom is -0.350 e. The van der Waals surface area contributed by atoms with Crippen molar-refractivity contribution in [1.82, 2.24) is 0 Å². The second-order valence-corrected chi connectivity index (χ2v) is 6.22. The minimum absolute atomic E-state index is 0.0725. The van der Waals surface area contributed by atoms with Crippen molar-refractivity contribution < 1.29 is 4.92 Å². The summed E-state index contributed by atoms with van der Waals surface area (Å²) in [6, 6.07) is 12.6. The van der Waals surface area contributed by atoms with Gasteiger partial charge in [0.05, 0.1) is 4.92 Å². The van der Waals surface area contributed by atoms with Gasteiger partial charge in [-0.2, -0.15) is 0 Å². The summed E-state index contributed by atoms with van der Waals surface area (Å²) in [6.07, 6.45) is 0. The molecule has 2 aromatic rings. The summed E-state index contributed by atoms with van der Waals surface area (Å²) in [6.45, 7) is 6.29. The van der Waals surface area contributed by atoms with Crippen LogP contribution in [0.2, 0.25) is 5.02 Å². The van der Waals surface area contributed by atoms with Gasteiger partial charge in [0.1, 0.15) is 10.7 Å². The standard InChI is InChI=1S/C16H17ClN2O2/c1-16(2,3)11-7-4-5-9-13(11)18-14-10-6-8-12(17)15(14)19(20)21/h4-10,18H,1-3H3. The number of anilines is 2. The molecule has 0 saturated carbocycles. The van der Waals surface area contributed by atoms with E-state index in [1.54, 1.807) is 12.1 Å². The van der Waals surface area contributed by atoms with Crippen molar-refractivity contribution in [3.05, 3.63) is 63.2 Å². The quantitative estimate of drug-likeness (QED) is 0.619. The second-order valence-electron chi connectivity index (χ2n) is 5.81. The van der Waals surface area contributed by atoms with Crippen molar-refractivity contribution in [3.63, 3.8) is 0 Å². The van der Waals surface area contributed by atoms with E-state index in [0.717, 1.165) is 11.3 Å². The van der Waals surface area contributed by atoms with Crippen LogP contribution in [-0.4, -0.2) is 4.92 Å². The van der Waals surface area contributed by atoms with Gasteiger partial charge in [-0.3, -0.25) is 10.1 Å². The second kappa shape index (κ2) is 5.74. The Balaban J connectivity index is 2.50. The molecule has 0 radical (unpaired) electrons. The Kier molecular flexibility index (Phi) is 4.19.